The van der Waals surface area contributed by atoms with Crippen molar-refractivity contribution in [1.82, 2.24) is 9.80 Å². The molecule has 1 fully saturated rings. The van der Waals surface area contributed by atoms with Gasteiger partial charge >= 0.3 is 0 Å². The van der Waals surface area contributed by atoms with Gasteiger partial charge in [0.25, 0.3) is 0 Å². The van der Waals surface area contributed by atoms with Crippen molar-refractivity contribution in [2.45, 2.75) is 6.04 Å². The van der Waals surface area contributed by atoms with Crippen molar-refractivity contribution >= 4 is 42.3 Å². The Bertz CT molecular complexity index is 724. The Kier molecular flexibility index (Phi) is 11.6. The molecule has 1 saturated heterocycles. The van der Waals surface area contributed by atoms with Crippen molar-refractivity contribution in [2.24, 2.45) is 5.73 Å². The molecule has 0 aromatic heterocycles. The molecule has 0 aliphatic carbocycles. The summed E-state index contributed by atoms with van der Waals surface area (Å²) >= 11 is 6.09. The number of hydrogen-bond donors (Lipinski definition) is 1. The third kappa shape index (κ3) is 7.78. The van der Waals surface area contributed by atoms with Gasteiger partial charge < -0.3 is 10.5 Å². The highest BCUT2D eigenvalue weighted by Crippen LogP contribution is 2.30. The quantitative estimate of drug-likeness (QED) is 0.614. The van der Waals surface area contributed by atoms with Crippen LogP contribution < -0.4 is 5.73 Å². The molecule has 2 aromatic carbocycles. The Morgan fingerprint density at radius 3 is 2.14 bits per heavy atom. The van der Waals surface area contributed by atoms with Gasteiger partial charge in [-0.05, 0) is 23.3 Å². The largest absolute Gasteiger partial charge is 0.370 e. The molecule has 2 aromatic rings. The Morgan fingerprint density at radius 2 is 1.55 bits per heavy atom. The van der Waals surface area contributed by atoms with Crippen molar-refractivity contribution in [3.8, 4) is 0 Å². The van der Waals surface area contributed by atoms with E-state index in [1.165, 1.54) is 11.1 Å². The lowest BCUT2D eigenvalue weighted by atomic mass is 9.96. The maximum atomic E-state index is 10.7. The molecule has 3 rings (SSSR count). The molecule has 29 heavy (non-hydrogen) atoms. The highest BCUT2D eigenvalue weighted by molar-refractivity contribution is 6.30. The molecular formula is C21H28Cl3N3O2. The van der Waals surface area contributed by atoms with E-state index in [9.17, 15) is 4.79 Å². The second-order valence-corrected chi connectivity index (χ2v) is 7.20. The van der Waals surface area contributed by atoms with E-state index < -0.39 is 5.91 Å². The van der Waals surface area contributed by atoms with Crippen LogP contribution in [0.15, 0.2) is 54.6 Å². The van der Waals surface area contributed by atoms with Gasteiger partial charge in [-0.2, -0.15) is 0 Å². The number of rotatable bonds is 8. The molecule has 5 nitrogen and oxygen atoms in total. The second kappa shape index (κ2) is 13.1. The molecule has 0 saturated carbocycles. The van der Waals surface area contributed by atoms with Crippen LogP contribution in [0.4, 0.5) is 0 Å². The van der Waals surface area contributed by atoms with Crippen LogP contribution in [0.3, 0.4) is 0 Å². The molecule has 1 aliphatic rings. The number of amides is 1. The average Bonchev–Trinajstić information content (AvgIpc) is 2.69. The fraction of sp³-hybridized carbons (Fsp3) is 0.381. The first kappa shape index (κ1) is 25.7. The zero-order valence-electron chi connectivity index (χ0n) is 16.2. The van der Waals surface area contributed by atoms with Gasteiger partial charge in [0.1, 0.15) is 6.61 Å². The Hall–Kier alpha value is -1.34. The van der Waals surface area contributed by atoms with Crippen LogP contribution in [0.2, 0.25) is 5.02 Å². The number of halogens is 3. The van der Waals surface area contributed by atoms with E-state index in [1.54, 1.807) is 0 Å². The molecule has 1 aliphatic heterocycles. The lowest BCUT2D eigenvalue weighted by Crippen LogP contribution is -2.48. The Labute approximate surface area is 190 Å². The predicted octanol–water partition coefficient (Wildman–Crippen LogP) is 3.39. The van der Waals surface area contributed by atoms with Crippen molar-refractivity contribution < 1.29 is 9.53 Å². The molecule has 0 radical (unpaired) electrons. The van der Waals surface area contributed by atoms with Crippen LogP contribution in [0, 0.1) is 0 Å². The number of hydrogen-bond acceptors (Lipinski definition) is 4. The summed E-state index contributed by atoms with van der Waals surface area (Å²) in [5.41, 5.74) is 7.63. The summed E-state index contributed by atoms with van der Waals surface area (Å²) in [6, 6.07) is 19.0. The molecule has 1 heterocycles. The first-order valence-corrected chi connectivity index (χ1v) is 9.64. The van der Waals surface area contributed by atoms with E-state index >= 15 is 0 Å². The smallest absolute Gasteiger partial charge is 0.243 e. The third-order valence-corrected chi connectivity index (χ3v) is 5.12. The lowest BCUT2D eigenvalue weighted by molar-refractivity contribution is -0.122. The number of nitrogens with zero attached hydrogens (tertiary/aromatic N) is 2. The van der Waals surface area contributed by atoms with Gasteiger partial charge in [0, 0.05) is 37.7 Å². The van der Waals surface area contributed by atoms with Gasteiger partial charge in [0.2, 0.25) is 5.91 Å². The van der Waals surface area contributed by atoms with Crippen molar-refractivity contribution in [3.63, 3.8) is 0 Å². The molecule has 1 atom stereocenters. The van der Waals surface area contributed by atoms with Crippen molar-refractivity contribution in [1.29, 1.82) is 0 Å². The summed E-state index contributed by atoms with van der Waals surface area (Å²) in [6.45, 7) is 5.22. The number of ether oxygens (including phenoxy) is 1. The summed E-state index contributed by atoms with van der Waals surface area (Å²) in [6.07, 6.45) is 0. The van der Waals surface area contributed by atoms with Crippen molar-refractivity contribution in [2.75, 3.05) is 45.9 Å². The molecule has 2 N–H and O–H groups in total. The zero-order valence-corrected chi connectivity index (χ0v) is 18.6. The normalized spacial score (nSPS) is 15.8. The monoisotopic (exact) mass is 459 g/mol. The minimum atomic E-state index is -0.423. The fourth-order valence-corrected chi connectivity index (χ4v) is 3.63. The van der Waals surface area contributed by atoms with E-state index in [1.807, 2.05) is 18.2 Å². The molecule has 0 spiro atoms. The standard InChI is InChI=1S/C21H26ClN3O2.2ClH/c22-19-8-6-18(7-9-19)21(17-4-2-1-3-5-17)25-12-10-24(11-13-25)14-15-27-16-20(23)26;;/h1-9,21H,10-16H2,(H2,23,26);2*1H/t21-;;/m1../s1. The summed E-state index contributed by atoms with van der Waals surface area (Å²) < 4.78 is 5.28. The van der Waals surface area contributed by atoms with Crippen LogP contribution in [-0.4, -0.2) is 61.6 Å². The fourth-order valence-electron chi connectivity index (χ4n) is 3.51. The van der Waals surface area contributed by atoms with Crippen LogP contribution in [0.1, 0.15) is 17.2 Å². The zero-order chi connectivity index (χ0) is 19.1. The first-order chi connectivity index (χ1) is 13.1. The van der Waals surface area contributed by atoms with Crippen LogP contribution in [0.25, 0.3) is 0 Å². The summed E-state index contributed by atoms with van der Waals surface area (Å²) in [4.78, 5) is 15.6. The minimum absolute atomic E-state index is 0. The third-order valence-electron chi connectivity index (χ3n) is 4.87. The van der Waals surface area contributed by atoms with Crippen LogP contribution in [-0.2, 0) is 9.53 Å². The topological polar surface area (TPSA) is 58.8 Å². The van der Waals surface area contributed by atoms with Gasteiger partial charge in [0.05, 0.1) is 12.6 Å². The van der Waals surface area contributed by atoms with Gasteiger partial charge in [-0.1, -0.05) is 54.1 Å². The molecule has 0 unspecified atom stereocenters. The maximum absolute atomic E-state index is 10.7. The predicted molar refractivity (Wildman–Crippen MR) is 122 cm³/mol. The molecule has 8 heteroatoms. The average molecular weight is 461 g/mol. The summed E-state index contributed by atoms with van der Waals surface area (Å²) in [5, 5.41) is 0.756. The highest BCUT2D eigenvalue weighted by atomic mass is 35.5. The SMILES string of the molecule is Cl.Cl.NC(=O)COCCN1CCN([C@H](c2ccccc2)c2ccc(Cl)cc2)CC1. The minimum Gasteiger partial charge on any atom is -0.370 e. The molecule has 0 bridgehead atoms. The van der Waals surface area contributed by atoms with E-state index in [-0.39, 0.29) is 37.5 Å². The molecular weight excluding hydrogens is 433 g/mol. The lowest BCUT2D eigenvalue weighted by Gasteiger charge is -2.39. The molecule has 1 amide bonds. The van der Waals surface area contributed by atoms with Gasteiger partial charge in [-0.15, -0.1) is 24.8 Å². The van der Waals surface area contributed by atoms with Gasteiger partial charge in [-0.25, -0.2) is 0 Å². The summed E-state index contributed by atoms with van der Waals surface area (Å²) in [5.74, 6) is -0.423. The van der Waals surface area contributed by atoms with Gasteiger partial charge in [-0.3, -0.25) is 14.6 Å². The number of carbonyl (C=O) groups excluding carboxylic acids is 1. The van der Waals surface area contributed by atoms with E-state index in [2.05, 4.69) is 46.2 Å². The number of benzene rings is 2. The van der Waals surface area contributed by atoms with E-state index in [0.717, 1.165) is 37.7 Å². The van der Waals surface area contributed by atoms with Crippen LogP contribution in [0.5, 0.6) is 0 Å². The molecule has 160 valence electrons. The number of piperazine rings is 1. The Morgan fingerprint density at radius 1 is 0.966 bits per heavy atom. The maximum Gasteiger partial charge on any atom is 0.243 e. The Balaban J connectivity index is 0.00000210. The highest BCUT2D eigenvalue weighted by Gasteiger charge is 2.26. The number of carbonyl (C=O) groups is 1. The first-order valence-electron chi connectivity index (χ1n) is 9.26. The van der Waals surface area contributed by atoms with Crippen molar-refractivity contribution in [3.05, 3.63) is 70.7 Å². The number of nitrogens with two attached hydrogens (primary N) is 1. The number of primary amides is 1. The van der Waals surface area contributed by atoms with E-state index in [4.69, 9.17) is 22.1 Å². The second-order valence-electron chi connectivity index (χ2n) is 6.76. The van der Waals surface area contributed by atoms with E-state index in [0.29, 0.717) is 6.61 Å². The van der Waals surface area contributed by atoms with Gasteiger partial charge in [0.15, 0.2) is 0 Å². The van der Waals surface area contributed by atoms with Crippen LogP contribution >= 0.6 is 36.4 Å². The summed E-state index contributed by atoms with van der Waals surface area (Å²) in [7, 11) is 0.